The lowest BCUT2D eigenvalue weighted by molar-refractivity contribution is -0.279. The van der Waals surface area contributed by atoms with Gasteiger partial charge in [-0.2, -0.15) is 0 Å². The molecule has 0 amide bonds. The molecule has 8 nitrogen and oxygen atoms in total. The molecule has 100 valence electrons. The number of carbonyl (C=O) groups is 1. The first-order chi connectivity index (χ1) is 7.69. The molecular formula is C9H18N2O6. The summed E-state index contributed by atoms with van der Waals surface area (Å²) in [5.41, 5.74) is 11.2. The minimum atomic E-state index is -2.54. The van der Waals surface area contributed by atoms with Crippen LogP contribution in [0, 0.1) is 0 Å². The Kier molecular flexibility index (Phi) is 4.07. The van der Waals surface area contributed by atoms with E-state index in [1.807, 2.05) is 0 Å². The molecular weight excluding hydrogens is 232 g/mol. The van der Waals surface area contributed by atoms with Crippen LogP contribution >= 0.6 is 0 Å². The fourth-order valence-corrected chi connectivity index (χ4v) is 1.74. The highest BCUT2D eigenvalue weighted by molar-refractivity contribution is 5.75. The van der Waals surface area contributed by atoms with E-state index in [9.17, 15) is 20.1 Å². The standard InChI is InChI=1S/C9H18N2O6/c1-3(12)5(10)7-6(11)4(13)2-9(16,17-7)8(14)15/h3-7,12-13,16H,2,10-11H2,1H3,(H,14,15)/t3-,4+,5-,6-,7+,9+/m1/s1. The summed E-state index contributed by atoms with van der Waals surface area (Å²) < 4.78 is 4.93. The maximum absolute atomic E-state index is 10.8. The normalized spacial score (nSPS) is 41.9. The van der Waals surface area contributed by atoms with E-state index >= 15 is 0 Å². The molecule has 0 bridgehead atoms. The van der Waals surface area contributed by atoms with Crippen molar-refractivity contribution in [1.82, 2.24) is 0 Å². The number of aliphatic carboxylic acids is 1. The number of hydrogen-bond donors (Lipinski definition) is 6. The zero-order valence-electron chi connectivity index (χ0n) is 9.35. The molecule has 0 spiro atoms. The molecule has 0 radical (unpaired) electrons. The van der Waals surface area contributed by atoms with Gasteiger partial charge in [-0.05, 0) is 6.92 Å². The van der Waals surface area contributed by atoms with Crippen molar-refractivity contribution in [2.45, 2.75) is 49.5 Å². The van der Waals surface area contributed by atoms with E-state index in [1.165, 1.54) is 6.92 Å². The highest BCUT2D eigenvalue weighted by atomic mass is 16.7. The van der Waals surface area contributed by atoms with E-state index in [0.717, 1.165) is 0 Å². The van der Waals surface area contributed by atoms with Crippen LogP contribution in [-0.4, -0.2) is 62.6 Å². The fraction of sp³-hybridized carbons (Fsp3) is 0.889. The predicted octanol–water partition coefficient (Wildman–Crippen LogP) is -3.06. The highest BCUT2D eigenvalue weighted by Gasteiger charge is 2.51. The Morgan fingerprint density at radius 2 is 2.12 bits per heavy atom. The predicted molar refractivity (Wildman–Crippen MR) is 55.7 cm³/mol. The first-order valence-electron chi connectivity index (χ1n) is 5.20. The van der Waals surface area contributed by atoms with Crippen molar-refractivity contribution in [1.29, 1.82) is 0 Å². The van der Waals surface area contributed by atoms with E-state index in [-0.39, 0.29) is 0 Å². The second-order valence-electron chi connectivity index (χ2n) is 4.34. The van der Waals surface area contributed by atoms with Crippen molar-refractivity contribution in [3.63, 3.8) is 0 Å². The second-order valence-corrected chi connectivity index (χ2v) is 4.34. The zero-order chi connectivity index (χ0) is 13.4. The Labute approximate surface area is 97.8 Å². The van der Waals surface area contributed by atoms with Gasteiger partial charge < -0.3 is 36.6 Å². The zero-order valence-corrected chi connectivity index (χ0v) is 9.35. The number of hydrogen-bond acceptors (Lipinski definition) is 7. The molecule has 1 fully saturated rings. The summed E-state index contributed by atoms with van der Waals surface area (Å²) in [5.74, 6) is -4.17. The number of ether oxygens (including phenoxy) is 1. The van der Waals surface area contributed by atoms with Crippen molar-refractivity contribution in [2.75, 3.05) is 0 Å². The molecule has 0 aromatic heterocycles. The van der Waals surface area contributed by atoms with Gasteiger partial charge in [0.15, 0.2) is 0 Å². The van der Waals surface area contributed by atoms with Crippen LogP contribution in [0.25, 0.3) is 0 Å². The maximum atomic E-state index is 10.8. The number of carboxylic acid groups (broad SMARTS) is 1. The van der Waals surface area contributed by atoms with E-state index < -0.39 is 48.6 Å². The molecule has 0 saturated carbocycles. The van der Waals surface area contributed by atoms with Crippen molar-refractivity contribution < 1.29 is 30.0 Å². The third kappa shape index (κ3) is 2.73. The average Bonchev–Trinajstić information content (AvgIpc) is 2.22. The molecule has 6 atom stereocenters. The molecule has 0 aliphatic carbocycles. The van der Waals surface area contributed by atoms with Crippen LogP contribution in [0.4, 0.5) is 0 Å². The Balaban J connectivity index is 2.93. The first-order valence-corrected chi connectivity index (χ1v) is 5.20. The molecule has 1 rings (SSSR count). The fourth-order valence-electron chi connectivity index (χ4n) is 1.74. The third-order valence-electron chi connectivity index (χ3n) is 2.91. The van der Waals surface area contributed by atoms with Gasteiger partial charge in [-0.15, -0.1) is 0 Å². The Morgan fingerprint density at radius 1 is 1.59 bits per heavy atom. The van der Waals surface area contributed by atoms with E-state index in [2.05, 4.69) is 0 Å². The molecule has 0 aromatic rings. The van der Waals surface area contributed by atoms with Crippen molar-refractivity contribution in [3.05, 3.63) is 0 Å². The smallest absolute Gasteiger partial charge is 0.364 e. The molecule has 1 aliphatic heterocycles. The summed E-state index contributed by atoms with van der Waals surface area (Å²) >= 11 is 0. The number of rotatable bonds is 3. The number of carboxylic acids is 1. The minimum absolute atomic E-state index is 0.549. The van der Waals surface area contributed by atoms with Gasteiger partial charge in [0, 0.05) is 6.42 Å². The summed E-state index contributed by atoms with van der Waals surface area (Å²) in [6.45, 7) is 1.38. The molecule has 1 aliphatic rings. The first kappa shape index (κ1) is 14.3. The second kappa shape index (κ2) is 4.84. The van der Waals surface area contributed by atoms with Gasteiger partial charge in [-0.3, -0.25) is 0 Å². The van der Waals surface area contributed by atoms with Crippen LogP contribution in [-0.2, 0) is 9.53 Å². The summed E-state index contributed by atoms with van der Waals surface area (Å²) in [7, 11) is 0. The van der Waals surface area contributed by atoms with Crippen LogP contribution in [0.15, 0.2) is 0 Å². The van der Waals surface area contributed by atoms with E-state index in [4.69, 9.17) is 21.3 Å². The van der Waals surface area contributed by atoms with Crippen molar-refractivity contribution in [3.8, 4) is 0 Å². The van der Waals surface area contributed by atoms with Crippen LogP contribution in [0.1, 0.15) is 13.3 Å². The highest BCUT2D eigenvalue weighted by Crippen LogP contribution is 2.28. The molecule has 17 heavy (non-hydrogen) atoms. The van der Waals surface area contributed by atoms with Crippen LogP contribution in [0.5, 0.6) is 0 Å². The Bertz CT molecular complexity index is 295. The largest absolute Gasteiger partial charge is 0.477 e. The molecule has 0 aromatic carbocycles. The lowest BCUT2D eigenvalue weighted by atomic mass is 9.89. The summed E-state index contributed by atoms with van der Waals surface area (Å²) in [4.78, 5) is 10.8. The van der Waals surface area contributed by atoms with Crippen molar-refractivity contribution >= 4 is 5.97 Å². The van der Waals surface area contributed by atoms with Gasteiger partial charge in [-0.1, -0.05) is 0 Å². The number of nitrogens with two attached hydrogens (primary N) is 2. The van der Waals surface area contributed by atoms with Crippen LogP contribution in [0.3, 0.4) is 0 Å². The third-order valence-corrected chi connectivity index (χ3v) is 2.91. The molecule has 0 unspecified atom stereocenters. The van der Waals surface area contributed by atoms with Gasteiger partial charge in [0.25, 0.3) is 5.79 Å². The molecule has 8 N–H and O–H groups in total. The minimum Gasteiger partial charge on any atom is -0.477 e. The van der Waals surface area contributed by atoms with Gasteiger partial charge in [0.1, 0.15) is 0 Å². The summed E-state index contributed by atoms with van der Waals surface area (Å²) in [5, 5.41) is 37.4. The molecule has 8 heteroatoms. The lowest BCUT2D eigenvalue weighted by Crippen LogP contribution is -2.66. The van der Waals surface area contributed by atoms with E-state index in [1.54, 1.807) is 0 Å². The summed E-state index contributed by atoms with van der Waals surface area (Å²) in [6, 6.07) is -1.98. The van der Waals surface area contributed by atoms with Crippen molar-refractivity contribution in [2.24, 2.45) is 11.5 Å². The topological polar surface area (TPSA) is 159 Å². The Hall–Kier alpha value is -0.770. The average molecular weight is 250 g/mol. The Morgan fingerprint density at radius 3 is 2.53 bits per heavy atom. The van der Waals surface area contributed by atoms with Gasteiger partial charge >= 0.3 is 5.97 Å². The molecule has 1 heterocycles. The monoisotopic (exact) mass is 250 g/mol. The van der Waals surface area contributed by atoms with E-state index in [0.29, 0.717) is 0 Å². The molecule has 1 saturated heterocycles. The van der Waals surface area contributed by atoms with Gasteiger partial charge in [0.05, 0.1) is 30.4 Å². The SMILES string of the molecule is C[C@@H](O)[C@@H](N)[C@@H]1O[C@](O)(C(=O)O)C[C@H](O)[C@H]1N. The van der Waals surface area contributed by atoms with Gasteiger partial charge in [-0.25, -0.2) is 4.79 Å². The van der Waals surface area contributed by atoms with Crippen LogP contribution < -0.4 is 11.5 Å². The number of aliphatic hydroxyl groups is 3. The van der Waals surface area contributed by atoms with Gasteiger partial charge in [0.2, 0.25) is 0 Å². The lowest BCUT2D eigenvalue weighted by Gasteiger charge is -2.43. The maximum Gasteiger partial charge on any atom is 0.364 e. The number of aliphatic hydroxyl groups excluding tert-OH is 2. The summed E-state index contributed by atoms with van der Waals surface area (Å²) in [6.07, 6.45) is -4.00. The quantitative estimate of drug-likeness (QED) is 0.308. The van der Waals surface area contributed by atoms with Crippen LogP contribution in [0.2, 0.25) is 0 Å².